The minimum Gasteiger partial charge on any atom is -0.481 e. The summed E-state index contributed by atoms with van der Waals surface area (Å²) in [4.78, 5) is 21.3. The molecule has 0 saturated carbocycles. The Morgan fingerprint density at radius 2 is 2.07 bits per heavy atom. The molecule has 0 spiro atoms. The van der Waals surface area contributed by atoms with Crippen molar-refractivity contribution in [1.82, 2.24) is 5.32 Å². The van der Waals surface area contributed by atoms with E-state index in [4.69, 9.17) is 15.9 Å². The molecule has 0 rings (SSSR count). The number of carboxylic acids is 1. The molecule has 0 aromatic carbocycles. The Morgan fingerprint density at radius 1 is 1.50 bits per heavy atom. The van der Waals surface area contributed by atoms with Crippen LogP contribution in [0.3, 0.4) is 0 Å². The molecule has 0 aromatic heterocycles. The Morgan fingerprint density at radius 3 is 2.50 bits per heavy atom. The zero-order valence-corrected chi connectivity index (χ0v) is 8.06. The maximum absolute atomic E-state index is 11.1. The highest BCUT2D eigenvalue weighted by molar-refractivity contribution is 5.85. The number of rotatable bonds is 6. The Kier molecular flexibility index (Phi) is 5.82. The van der Waals surface area contributed by atoms with Gasteiger partial charge >= 0.3 is 5.97 Å². The Bertz CT molecular complexity index is 208. The summed E-state index contributed by atoms with van der Waals surface area (Å²) in [5.74, 6) is -1.67. The molecule has 14 heavy (non-hydrogen) atoms. The number of hydrogen-bond acceptors (Lipinski definition) is 4. The first kappa shape index (κ1) is 12.9. The number of aliphatic carboxylic acids is 1. The first-order valence-electron chi connectivity index (χ1n) is 4.33. The second-order valence-corrected chi connectivity index (χ2v) is 3.24. The first-order valence-corrected chi connectivity index (χ1v) is 4.33. The molecule has 0 heterocycles. The van der Waals surface area contributed by atoms with E-state index in [9.17, 15) is 9.59 Å². The smallest absolute Gasteiger partial charge is 0.305 e. The van der Waals surface area contributed by atoms with Gasteiger partial charge in [0, 0.05) is 13.2 Å². The van der Waals surface area contributed by atoms with Crippen molar-refractivity contribution in [3.05, 3.63) is 0 Å². The zero-order chi connectivity index (χ0) is 11.1. The average Bonchev–Trinajstić information content (AvgIpc) is 2.12. The highest BCUT2D eigenvalue weighted by Gasteiger charge is 2.16. The van der Waals surface area contributed by atoms with E-state index in [-0.39, 0.29) is 18.9 Å². The molecule has 0 fully saturated rings. The van der Waals surface area contributed by atoms with Crippen molar-refractivity contribution in [3.8, 4) is 0 Å². The van der Waals surface area contributed by atoms with Crippen molar-refractivity contribution in [3.63, 3.8) is 0 Å². The Labute approximate surface area is 82.1 Å². The molecule has 6 heteroatoms. The fourth-order valence-electron chi connectivity index (χ4n) is 0.751. The van der Waals surface area contributed by atoms with E-state index >= 15 is 0 Å². The monoisotopic (exact) mass is 204 g/mol. The lowest BCUT2D eigenvalue weighted by atomic mass is 10.1. The summed E-state index contributed by atoms with van der Waals surface area (Å²) in [5, 5.41) is 19.5. The number of carbonyl (C=O) groups excluding carboxylic acids is 1. The molecule has 5 N–H and O–H groups in total. The third-order valence-electron chi connectivity index (χ3n) is 1.67. The minimum absolute atomic E-state index is 0.0333. The van der Waals surface area contributed by atoms with Crippen LogP contribution in [0.5, 0.6) is 0 Å². The van der Waals surface area contributed by atoms with E-state index in [1.54, 1.807) is 6.92 Å². The summed E-state index contributed by atoms with van der Waals surface area (Å²) in [6.45, 7) is 2.01. The fourth-order valence-corrected chi connectivity index (χ4v) is 0.751. The number of hydrogen-bond donors (Lipinski definition) is 4. The largest absolute Gasteiger partial charge is 0.481 e. The van der Waals surface area contributed by atoms with Crippen LogP contribution < -0.4 is 11.1 Å². The number of nitrogens with one attached hydrogen (secondary N) is 1. The SMILES string of the molecule is CC(CO)CNC(=O)C(N)CC(=O)O. The number of amides is 1. The van der Waals surface area contributed by atoms with Crippen LogP contribution in [0.15, 0.2) is 0 Å². The normalized spacial score (nSPS) is 14.5. The maximum atomic E-state index is 11.1. The van der Waals surface area contributed by atoms with Crippen molar-refractivity contribution in [2.45, 2.75) is 19.4 Å². The highest BCUT2D eigenvalue weighted by Crippen LogP contribution is 1.92. The van der Waals surface area contributed by atoms with Crippen LogP contribution in [0.25, 0.3) is 0 Å². The fraction of sp³-hybridized carbons (Fsp3) is 0.750. The van der Waals surface area contributed by atoms with Crippen LogP contribution in [0.4, 0.5) is 0 Å². The van der Waals surface area contributed by atoms with Gasteiger partial charge in [-0.2, -0.15) is 0 Å². The van der Waals surface area contributed by atoms with Gasteiger partial charge < -0.3 is 21.3 Å². The second-order valence-electron chi connectivity index (χ2n) is 3.24. The van der Waals surface area contributed by atoms with Gasteiger partial charge in [-0.25, -0.2) is 0 Å². The molecule has 0 aliphatic rings. The topological polar surface area (TPSA) is 113 Å². The number of nitrogens with two attached hydrogens (primary N) is 1. The molecule has 0 aliphatic heterocycles. The third-order valence-corrected chi connectivity index (χ3v) is 1.67. The molecule has 0 radical (unpaired) electrons. The molecule has 82 valence electrons. The van der Waals surface area contributed by atoms with E-state index in [0.717, 1.165) is 0 Å². The second kappa shape index (κ2) is 6.33. The van der Waals surface area contributed by atoms with Gasteiger partial charge in [0.1, 0.15) is 0 Å². The van der Waals surface area contributed by atoms with E-state index in [1.807, 2.05) is 0 Å². The summed E-state index contributed by atoms with van der Waals surface area (Å²) < 4.78 is 0. The van der Waals surface area contributed by atoms with Gasteiger partial charge in [0.15, 0.2) is 0 Å². The Balaban J connectivity index is 3.78. The maximum Gasteiger partial charge on any atom is 0.305 e. The van der Waals surface area contributed by atoms with Gasteiger partial charge in [0.2, 0.25) is 5.91 Å². The molecule has 0 aliphatic carbocycles. The van der Waals surface area contributed by atoms with Crippen LogP contribution in [0, 0.1) is 5.92 Å². The summed E-state index contributed by atoms with van der Waals surface area (Å²) >= 11 is 0. The predicted molar refractivity (Wildman–Crippen MR) is 49.5 cm³/mol. The summed E-state index contributed by atoms with van der Waals surface area (Å²) in [6, 6.07) is -1.03. The molecule has 2 unspecified atom stereocenters. The molecule has 6 nitrogen and oxygen atoms in total. The quantitative estimate of drug-likeness (QED) is 0.422. The van der Waals surface area contributed by atoms with Crippen LogP contribution in [-0.2, 0) is 9.59 Å². The molecular formula is C8H16N2O4. The van der Waals surface area contributed by atoms with Gasteiger partial charge in [-0.15, -0.1) is 0 Å². The first-order chi connectivity index (χ1) is 6.47. The van der Waals surface area contributed by atoms with Crippen LogP contribution >= 0.6 is 0 Å². The van der Waals surface area contributed by atoms with Crippen molar-refractivity contribution in [2.75, 3.05) is 13.2 Å². The molecule has 0 bridgehead atoms. The van der Waals surface area contributed by atoms with Crippen LogP contribution in [0.2, 0.25) is 0 Å². The van der Waals surface area contributed by atoms with Gasteiger partial charge in [-0.05, 0) is 5.92 Å². The van der Waals surface area contributed by atoms with Crippen molar-refractivity contribution in [2.24, 2.45) is 11.7 Å². The van der Waals surface area contributed by atoms with E-state index < -0.39 is 17.9 Å². The standard InChI is InChI=1S/C8H16N2O4/c1-5(4-11)3-10-8(14)6(9)2-7(12)13/h5-6,11H,2-4,9H2,1H3,(H,10,14)(H,12,13). The minimum atomic E-state index is -1.11. The predicted octanol–water partition coefficient (Wildman–Crippen LogP) is -1.47. The molecular weight excluding hydrogens is 188 g/mol. The molecule has 0 aromatic rings. The lowest BCUT2D eigenvalue weighted by molar-refractivity contribution is -0.139. The van der Waals surface area contributed by atoms with E-state index in [0.29, 0.717) is 6.54 Å². The lowest BCUT2D eigenvalue weighted by Crippen LogP contribution is -2.43. The zero-order valence-electron chi connectivity index (χ0n) is 8.06. The molecule has 0 saturated heterocycles. The molecule has 2 atom stereocenters. The van der Waals surface area contributed by atoms with E-state index in [1.165, 1.54) is 0 Å². The molecule has 1 amide bonds. The van der Waals surface area contributed by atoms with Gasteiger partial charge in [0.05, 0.1) is 12.5 Å². The summed E-state index contributed by atoms with van der Waals surface area (Å²) in [6.07, 6.45) is -0.390. The Hall–Kier alpha value is -1.14. The number of carbonyl (C=O) groups is 2. The van der Waals surface area contributed by atoms with Crippen molar-refractivity contribution < 1.29 is 19.8 Å². The summed E-state index contributed by atoms with van der Waals surface area (Å²) in [5.41, 5.74) is 5.29. The number of carboxylic acid groups (broad SMARTS) is 1. The number of aliphatic hydroxyl groups is 1. The van der Waals surface area contributed by atoms with Crippen LogP contribution in [-0.4, -0.2) is 41.3 Å². The van der Waals surface area contributed by atoms with Crippen LogP contribution in [0.1, 0.15) is 13.3 Å². The van der Waals surface area contributed by atoms with Crippen molar-refractivity contribution in [1.29, 1.82) is 0 Å². The van der Waals surface area contributed by atoms with Gasteiger partial charge in [-0.3, -0.25) is 9.59 Å². The van der Waals surface area contributed by atoms with E-state index in [2.05, 4.69) is 5.32 Å². The average molecular weight is 204 g/mol. The van der Waals surface area contributed by atoms with Gasteiger partial charge in [-0.1, -0.05) is 6.92 Å². The van der Waals surface area contributed by atoms with Gasteiger partial charge in [0.25, 0.3) is 0 Å². The summed E-state index contributed by atoms with van der Waals surface area (Å²) in [7, 11) is 0. The lowest BCUT2D eigenvalue weighted by Gasteiger charge is -2.12. The highest BCUT2D eigenvalue weighted by atomic mass is 16.4. The number of aliphatic hydroxyl groups excluding tert-OH is 1. The van der Waals surface area contributed by atoms with Crippen molar-refractivity contribution >= 4 is 11.9 Å². The third kappa shape index (κ3) is 5.50.